The van der Waals surface area contributed by atoms with Gasteiger partial charge in [-0.25, -0.2) is 4.39 Å². The molecule has 3 aromatic rings. The molecule has 1 aliphatic rings. The number of amides is 1. The van der Waals surface area contributed by atoms with Gasteiger partial charge in [-0.2, -0.15) is 0 Å². The Balaban J connectivity index is 1.50. The zero-order valence-corrected chi connectivity index (χ0v) is 16.0. The molecule has 142 valence electrons. The molecule has 2 heterocycles. The van der Waals surface area contributed by atoms with Gasteiger partial charge in [0.05, 0.1) is 22.8 Å². The largest absolute Gasteiger partial charge is 0.487 e. The minimum absolute atomic E-state index is 0.0759. The third kappa shape index (κ3) is 3.58. The molecular weight excluding hydrogens is 379 g/mol. The molecule has 4 rings (SSSR count). The lowest BCUT2D eigenvalue weighted by molar-refractivity contribution is 0.0929. The first-order valence-corrected chi connectivity index (χ1v) is 9.34. The van der Waals surface area contributed by atoms with Crippen LogP contribution in [0.15, 0.2) is 54.7 Å². The van der Waals surface area contributed by atoms with E-state index in [4.69, 9.17) is 16.3 Å². The van der Waals surface area contributed by atoms with E-state index in [2.05, 4.69) is 16.4 Å². The molecule has 1 aliphatic heterocycles. The van der Waals surface area contributed by atoms with E-state index in [9.17, 15) is 9.18 Å². The van der Waals surface area contributed by atoms with Gasteiger partial charge in [0.2, 0.25) is 0 Å². The molecule has 1 atom stereocenters. The summed E-state index contributed by atoms with van der Waals surface area (Å²) in [7, 11) is 0. The highest BCUT2D eigenvalue weighted by Gasteiger charge is 2.27. The van der Waals surface area contributed by atoms with E-state index in [1.54, 1.807) is 12.3 Å². The highest BCUT2D eigenvalue weighted by atomic mass is 35.5. The number of fused-ring (bicyclic) bond motifs is 1. The van der Waals surface area contributed by atoms with E-state index in [0.717, 1.165) is 28.1 Å². The summed E-state index contributed by atoms with van der Waals surface area (Å²) in [6.45, 7) is 2.30. The Labute approximate surface area is 167 Å². The average Bonchev–Trinajstić information content (AvgIpc) is 3.11. The Hall–Kier alpha value is -2.92. The monoisotopic (exact) mass is 396 g/mol. The molecule has 28 heavy (non-hydrogen) atoms. The molecule has 4 nitrogen and oxygen atoms in total. The van der Waals surface area contributed by atoms with Crippen LogP contribution in [0.5, 0.6) is 5.75 Å². The van der Waals surface area contributed by atoms with E-state index < -0.39 is 11.7 Å². The molecule has 0 aliphatic carbocycles. The van der Waals surface area contributed by atoms with Crippen LogP contribution in [0, 0.1) is 12.7 Å². The molecule has 1 N–H and O–H groups in total. The quantitative estimate of drug-likeness (QED) is 0.702. The second kappa shape index (κ2) is 7.60. The molecule has 0 bridgehead atoms. The summed E-state index contributed by atoms with van der Waals surface area (Å²) in [5.74, 6) is -0.441. The number of hydrogen-bond donors (Lipinski definition) is 1. The zero-order chi connectivity index (χ0) is 19.7. The molecule has 2 aromatic carbocycles. The molecular formula is C22H18ClFN2O2. The van der Waals surface area contributed by atoms with Crippen molar-refractivity contribution in [3.05, 3.63) is 82.3 Å². The number of hydrogen-bond acceptors (Lipinski definition) is 3. The van der Waals surface area contributed by atoms with Crippen molar-refractivity contribution in [2.45, 2.75) is 19.4 Å². The first-order chi connectivity index (χ1) is 13.5. The van der Waals surface area contributed by atoms with Gasteiger partial charge in [0, 0.05) is 18.2 Å². The van der Waals surface area contributed by atoms with Gasteiger partial charge < -0.3 is 10.1 Å². The van der Waals surface area contributed by atoms with Gasteiger partial charge in [-0.15, -0.1) is 0 Å². The summed E-state index contributed by atoms with van der Waals surface area (Å²) < 4.78 is 20.1. The van der Waals surface area contributed by atoms with Crippen LogP contribution in [0.25, 0.3) is 11.3 Å². The molecule has 0 spiro atoms. The van der Waals surface area contributed by atoms with Gasteiger partial charge in [0.1, 0.15) is 11.9 Å². The standard InChI is InChI=1S/C22H18ClFN2O2/c1-13-9-14-11-15(12-26-22(27)16-5-4-6-18(23)20(16)24)28-21(14)17(10-13)19-7-2-3-8-25-19/h2-10,15H,11-12H2,1H3,(H,26,27)/t15-/m1/s1. The lowest BCUT2D eigenvalue weighted by Gasteiger charge is -2.14. The van der Waals surface area contributed by atoms with Crippen molar-refractivity contribution in [1.29, 1.82) is 0 Å². The smallest absolute Gasteiger partial charge is 0.254 e. The number of ether oxygens (including phenoxy) is 1. The number of nitrogens with one attached hydrogen (secondary N) is 1. The van der Waals surface area contributed by atoms with Crippen molar-refractivity contribution in [3.63, 3.8) is 0 Å². The average molecular weight is 397 g/mol. The van der Waals surface area contributed by atoms with Crippen LogP contribution in [0.1, 0.15) is 21.5 Å². The highest BCUT2D eigenvalue weighted by Crippen LogP contribution is 2.39. The molecule has 1 amide bonds. The van der Waals surface area contributed by atoms with E-state index in [0.29, 0.717) is 6.42 Å². The van der Waals surface area contributed by atoms with Gasteiger partial charge in [-0.3, -0.25) is 9.78 Å². The van der Waals surface area contributed by atoms with Crippen molar-refractivity contribution in [1.82, 2.24) is 10.3 Å². The van der Waals surface area contributed by atoms with Crippen molar-refractivity contribution in [2.24, 2.45) is 0 Å². The molecule has 0 fully saturated rings. The maximum Gasteiger partial charge on any atom is 0.254 e. The van der Waals surface area contributed by atoms with Crippen LogP contribution in [-0.4, -0.2) is 23.5 Å². The van der Waals surface area contributed by atoms with Crippen molar-refractivity contribution in [3.8, 4) is 17.0 Å². The summed E-state index contributed by atoms with van der Waals surface area (Å²) >= 11 is 5.75. The predicted molar refractivity (Wildman–Crippen MR) is 106 cm³/mol. The number of aromatic nitrogens is 1. The van der Waals surface area contributed by atoms with Gasteiger partial charge in [0.15, 0.2) is 5.82 Å². The number of carbonyl (C=O) groups is 1. The minimum Gasteiger partial charge on any atom is -0.487 e. The second-order valence-corrected chi connectivity index (χ2v) is 7.18. The summed E-state index contributed by atoms with van der Waals surface area (Å²) in [5.41, 5.74) is 3.90. The maximum atomic E-state index is 14.0. The lowest BCUT2D eigenvalue weighted by Crippen LogP contribution is -2.34. The molecule has 6 heteroatoms. The third-order valence-corrected chi connectivity index (χ3v) is 4.96. The van der Waals surface area contributed by atoms with Crippen LogP contribution in [0.4, 0.5) is 4.39 Å². The fraction of sp³-hybridized carbons (Fsp3) is 0.182. The minimum atomic E-state index is -0.717. The summed E-state index contributed by atoms with van der Waals surface area (Å²) in [6.07, 6.45) is 2.18. The summed E-state index contributed by atoms with van der Waals surface area (Å²) in [4.78, 5) is 16.7. The number of carbonyl (C=O) groups excluding carboxylic acids is 1. The Bertz CT molecular complexity index is 1040. The highest BCUT2D eigenvalue weighted by molar-refractivity contribution is 6.31. The zero-order valence-electron chi connectivity index (χ0n) is 15.2. The molecule has 0 radical (unpaired) electrons. The summed E-state index contributed by atoms with van der Waals surface area (Å²) in [5, 5.41) is 2.66. The Morgan fingerprint density at radius 1 is 1.29 bits per heavy atom. The predicted octanol–water partition coefficient (Wildman–Crippen LogP) is 4.58. The van der Waals surface area contributed by atoms with Crippen molar-refractivity contribution < 1.29 is 13.9 Å². The van der Waals surface area contributed by atoms with Gasteiger partial charge in [-0.1, -0.05) is 29.8 Å². The molecule has 0 saturated carbocycles. The molecule has 0 unspecified atom stereocenters. The molecule has 0 saturated heterocycles. The van der Waals surface area contributed by atoms with Gasteiger partial charge in [-0.05, 0) is 48.4 Å². The van der Waals surface area contributed by atoms with Crippen LogP contribution >= 0.6 is 11.6 Å². The Kier molecular flexibility index (Phi) is 5.01. The lowest BCUT2D eigenvalue weighted by atomic mass is 10.0. The number of pyridine rings is 1. The second-order valence-electron chi connectivity index (χ2n) is 6.77. The first-order valence-electron chi connectivity index (χ1n) is 8.96. The van der Waals surface area contributed by atoms with Crippen LogP contribution < -0.4 is 10.1 Å². The van der Waals surface area contributed by atoms with E-state index in [1.807, 2.05) is 31.2 Å². The van der Waals surface area contributed by atoms with E-state index in [1.165, 1.54) is 12.1 Å². The van der Waals surface area contributed by atoms with Crippen molar-refractivity contribution >= 4 is 17.5 Å². The number of nitrogens with zero attached hydrogens (tertiary/aromatic N) is 1. The third-order valence-electron chi connectivity index (χ3n) is 4.67. The SMILES string of the molecule is Cc1cc2c(c(-c3ccccn3)c1)O[C@@H](CNC(=O)c1cccc(Cl)c1F)C2. The Morgan fingerprint density at radius 3 is 2.93 bits per heavy atom. The molecule has 1 aromatic heterocycles. The first kappa shape index (κ1) is 18.4. The summed E-state index contributed by atoms with van der Waals surface area (Å²) in [6, 6.07) is 14.2. The van der Waals surface area contributed by atoms with Gasteiger partial charge >= 0.3 is 0 Å². The maximum absolute atomic E-state index is 14.0. The van der Waals surface area contributed by atoms with Crippen LogP contribution in [-0.2, 0) is 6.42 Å². The normalized spacial score (nSPS) is 15.0. The number of rotatable bonds is 4. The van der Waals surface area contributed by atoms with Crippen LogP contribution in [0.3, 0.4) is 0 Å². The topological polar surface area (TPSA) is 51.2 Å². The Morgan fingerprint density at radius 2 is 2.14 bits per heavy atom. The van der Waals surface area contributed by atoms with Crippen LogP contribution in [0.2, 0.25) is 5.02 Å². The fourth-order valence-electron chi connectivity index (χ4n) is 3.40. The van der Waals surface area contributed by atoms with Gasteiger partial charge in [0.25, 0.3) is 5.91 Å². The van der Waals surface area contributed by atoms with E-state index >= 15 is 0 Å². The number of halogens is 2. The number of aryl methyl sites for hydroxylation is 1. The fourth-order valence-corrected chi connectivity index (χ4v) is 3.57. The van der Waals surface area contributed by atoms with Crippen molar-refractivity contribution in [2.75, 3.05) is 6.54 Å². The number of benzene rings is 2. The van der Waals surface area contributed by atoms with E-state index in [-0.39, 0.29) is 23.2 Å².